The van der Waals surface area contributed by atoms with Gasteiger partial charge in [0.25, 0.3) is 0 Å². The summed E-state index contributed by atoms with van der Waals surface area (Å²) >= 11 is 0. The van der Waals surface area contributed by atoms with Crippen LogP contribution in [-0.2, 0) is 24.1 Å². The first-order valence-corrected chi connectivity index (χ1v) is 9.66. The summed E-state index contributed by atoms with van der Waals surface area (Å²) in [5.74, 6) is -0.547. The van der Waals surface area contributed by atoms with Gasteiger partial charge in [-0.25, -0.2) is 13.2 Å². The van der Waals surface area contributed by atoms with Crippen molar-refractivity contribution < 1.29 is 27.5 Å². The average Bonchev–Trinajstić information content (AvgIpc) is 2.51. The van der Waals surface area contributed by atoms with Crippen molar-refractivity contribution in [2.24, 2.45) is 0 Å². The number of hydrogen-bond donors (Lipinski definition) is 1. The van der Waals surface area contributed by atoms with Crippen LogP contribution < -0.4 is 5.32 Å². The van der Waals surface area contributed by atoms with E-state index >= 15 is 0 Å². The molecule has 0 aromatic heterocycles. The third kappa shape index (κ3) is 8.66. The van der Waals surface area contributed by atoms with Crippen LogP contribution in [0.25, 0.3) is 0 Å². The summed E-state index contributed by atoms with van der Waals surface area (Å²) in [5.41, 5.74) is -0.622. The number of ether oxygens (including phenoxy) is 2. The summed E-state index contributed by atoms with van der Waals surface area (Å²) in [7, 11) is -3.64. The lowest BCUT2D eigenvalue weighted by molar-refractivity contribution is -0.144. The Hall–Kier alpha value is -2.35. The molecule has 1 atom stereocenters. The van der Waals surface area contributed by atoms with Gasteiger partial charge in [-0.1, -0.05) is 18.2 Å². The molecular formula is C18H25NO6S. The molecule has 1 N–H and O–H groups in total. The number of carbonyl (C=O) groups is 2. The molecule has 0 saturated carbocycles. The molecule has 0 fully saturated rings. The average molecular weight is 383 g/mol. The third-order valence-corrected chi connectivity index (χ3v) is 4.40. The standard InChI is InChI=1S/C18H25NO6S/c1-14(20)24-15(10-12-19-17(21)25-18(2,3)4)11-13-26(22,23)16-8-6-5-7-9-16/h5-9,11,13,15H,10,12H2,1-4H3,(H,19,21)/b13-11+/t15-/m1/s1. The molecule has 0 unspecified atom stereocenters. The Kier molecular flexibility index (Phi) is 7.82. The molecule has 0 saturated heterocycles. The second kappa shape index (κ2) is 9.38. The molecule has 0 aliphatic rings. The van der Waals surface area contributed by atoms with Gasteiger partial charge in [0.2, 0.25) is 0 Å². The fourth-order valence-electron chi connectivity index (χ4n) is 1.92. The van der Waals surface area contributed by atoms with Crippen molar-refractivity contribution in [1.82, 2.24) is 5.32 Å². The van der Waals surface area contributed by atoms with Gasteiger partial charge in [0.05, 0.1) is 4.90 Å². The van der Waals surface area contributed by atoms with Crippen molar-refractivity contribution in [3.8, 4) is 0 Å². The molecule has 1 aromatic carbocycles. The summed E-state index contributed by atoms with van der Waals surface area (Å²) in [6.45, 7) is 6.61. The Labute approximate surface area is 154 Å². The predicted octanol–water partition coefficient (Wildman–Crippen LogP) is 2.82. The first-order valence-electron chi connectivity index (χ1n) is 8.12. The number of esters is 1. The van der Waals surface area contributed by atoms with E-state index in [0.717, 1.165) is 5.41 Å². The van der Waals surface area contributed by atoms with Gasteiger partial charge in [0.15, 0.2) is 9.84 Å². The van der Waals surface area contributed by atoms with Crippen molar-refractivity contribution in [2.75, 3.05) is 6.54 Å². The zero-order chi connectivity index (χ0) is 19.8. The molecule has 26 heavy (non-hydrogen) atoms. The van der Waals surface area contributed by atoms with E-state index in [-0.39, 0.29) is 17.9 Å². The lowest BCUT2D eigenvalue weighted by Gasteiger charge is -2.20. The SMILES string of the molecule is CC(=O)O[C@@H](/C=C/S(=O)(=O)c1ccccc1)CCNC(=O)OC(C)(C)C. The Balaban J connectivity index is 2.69. The highest BCUT2D eigenvalue weighted by molar-refractivity contribution is 7.94. The van der Waals surface area contributed by atoms with Crippen LogP contribution in [0.5, 0.6) is 0 Å². The molecule has 144 valence electrons. The summed E-state index contributed by atoms with van der Waals surface area (Å²) in [6, 6.07) is 7.91. The van der Waals surface area contributed by atoms with Crippen molar-refractivity contribution in [2.45, 2.75) is 50.7 Å². The van der Waals surface area contributed by atoms with Crippen LogP contribution in [0.3, 0.4) is 0 Å². The molecule has 8 heteroatoms. The number of carbonyl (C=O) groups excluding carboxylic acids is 2. The minimum atomic E-state index is -3.64. The second-order valence-electron chi connectivity index (χ2n) is 6.55. The smallest absolute Gasteiger partial charge is 0.407 e. The molecule has 7 nitrogen and oxygen atoms in total. The van der Waals surface area contributed by atoms with Gasteiger partial charge in [-0.05, 0) is 39.0 Å². The molecular weight excluding hydrogens is 358 g/mol. The van der Waals surface area contributed by atoms with E-state index in [1.165, 1.54) is 25.1 Å². The van der Waals surface area contributed by atoms with Crippen LogP contribution in [0.15, 0.2) is 46.7 Å². The largest absolute Gasteiger partial charge is 0.458 e. The van der Waals surface area contributed by atoms with E-state index in [4.69, 9.17) is 9.47 Å². The normalized spacial score (nSPS) is 13.2. The Morgan fingerprint density at radius 2 is 1.81 bits per heavy atom. The van der Waals surface area contributed by atoms with Crippen LogP contribution in [-0.4, -0.2) is 38.7 Å². The highest BCUT2D eigenvalue weighted by Crippen LogP contribution is 2.13. The summed E-state index contributed by atoms with van der Waals surface area (Å²) < 4.78 is 34.7. The Morgan fingerprint density at radius 3 is 2.35 bits per heavy atom. The van der Waals surface area contributed by atoms with Gasteiger partial charge in [-0.2, -0.15) is 0 Å². The predicted molar refractivity (Wildman–Crippen MR) is 97.2 cm³/mol. The first-order chi connectivity index (χ1) is 12.0. The van der Waals surface area contributed by atoms with Crippen molar-refractivity contribution in [3.05, 3.63) is 41.8 Å². The van der Waals surface area contributed by atoms with Gasteiger partial charge in [-0.15, -0.1) is 0 Å². The molecule has 0 spiro atoms. The molecule has 0 aliphatic carbocycles. The minimum absolute atomic E-state index is 0.143. The topological polar surface area (TPSA) is 98.8 Å². The number of alkyl carbamates (subject to hydrolysis) is 1. The maximum Gasteiger partial charge on any atom is 0.407 e. The van der Waals surface area contributed by atoms with Gasteiger partial charge in [0.1, 0.15) is 11.7 Å². The molecule has 0 radical (unpaired) electrons. The van der Waals surface area contributed by atoms with Crippen LogP contribution in [0.1, 0.15) is 34.1 Å². The Morgan fingerprint density at radius 1 is 1.19 bits per heavy atom. The van der Waals surface area contributed by atoms with Gasteiger partial charge in [-0.3, -0.25) is 4.79 Å². The van der Waals surface area contributed by atoms with Crippen LogP contribution in [0.2, 0.25) is 0 Å². The van der Waals surface area contributed by atoms with E-state index in [1.54, 1.807) is 39.0 Å². The Bertz CT molecular complexity index is 735. The van der Waals surface area contributed by atoms with Crippen molar-refractivity contribution in [1.29, 1.82) is 0 Å². The maximum absolute atomic E-state index is 12.2. The highest BCUT2D eigenvalue weighted by Gasteiger charge is 2.17. The van der Waals surface area contributed by atoms with Gasteiger partial charge in [0, 0.05) is 25.3 Å². The second-order valence-corrected chi connectivity index (χ2v) is 8.39. The molecule has 1 rings (SSSR count). The first kappa shape index (κ1) is 21.7. The monoisotopic (exact) mass is 383 g/mol. The van der Waals surface area contributed by atoms with E-state index in [2.05, 4.69) is 5.32 Å². The molecule has 1 aromatic rings. The van der Waals surface area contributed by atoms with Crippen LogP contribution >= 0.6 is 0 Å². The van der Waals surface area contributed by atoms with E-state index in [0.29, 0.717) is 0 Å². The zero-order valence-corrected chi connectivity index (χ0v) is 16.2. The molecule has 0 heterocycles. The van der Waals surface area contributed by atoms with Crippen LogP contribution in [0.4, 0.5) is 4.79 Å². The quantitative estimate of drug-likeness (QED) is 0.727. The number of sulfone groups is 1. The fourth-order valence-corrected chi connectivity index (χ4v) is 2.99. The number of hydrogen-bond acceptors (Lipinski definition) is 6. The van der Waals surface area contributed by atoms with E-state index in [1.807, 2.05) is 0 Å². The summed E-state index contributed by atoms with van der Waals surface area (Å²) in [4.78, 5) is 23.0. The molecule has 1 amide bonds. The highest BCUT2D eigenvalue weighted by atomic mass is 32.2. The number of benzene rings is 1. The number of nitrogens with one attached hydrogen (secondary N) is 1. The lowest BCUT2D eigenvalue weighted by atomic mass is 10.2. The third-order valence-electron chi connectivity index (χ3n) is 2.96. The fraction of sp³-hybridized carbons (Fsp3) is 0.444. The van der Waals surface area contributed by atoms with E-state index < -0.39 is 33.6 Å². The number of amides is 1. The van der Waals surface area contributed by atoms with Crippen LogP contribution in [0, 0.1) is 0 Å². The minimum Gasteiger partial charge on any atom is -0.458 e. The number of rotatable bonds is 7. The maximum atomic E-state index is 12.2. The van der Waals surface area contributed by atoms with Gasteiger partial charge < -0.3 is 14.8 Å². The summed E-state index contributed by atoms with van der Waals surface area (Å²) in [5, 5.41) is 3.54. The van der Waals surface area contributed by atoms with Crippen molar-refractivity contribution >= 4 is 21.9 Å². The van der Waals surface area contributed by atoms with Gasteiger partial charge >= 0.3 is 12.1 Å². The molecule has 0 aliphatic heterocycles. The van der Waals surface area contributed by atoms with Crippen molar-refractivity contribution in [3.63, 3.8) is 0 Å². The van der Waals surface area contributed by atoms with E-state index in [9.17, 15) is 18.0 Å². The zero-order valence-electron chi connectivity index (χ0n) is 15.4. The molecule has 0 bridgehead atoms. The summed E-state index contributed by atoms with van der Waals surface area (Å²) in [6.07, 6.45) is 0.112. The lowest BCUT2D eigenvalue weighted by Crippen LogP contribution is -2.34.